The summed E-state index contributed by atoms with van der Waals surface area (Å²) in [6.45, 7) is 6.65. The summed E-state index contributed by atoms with van der Waals surface area (Å²) < 4.78 is 35.1. The molecule has 3 rings (SSSR count). The lowest BCUT2D eigenvalue weighted by molar-refractivity contribution is 0.453. The van der Waals surface area contributed by atoms with Gasteiger partial charge in [0.1, 0.15) is 5.25 Å². The maximum atomic E-state index is 11.9. The first kappa shape index (κ1) is 25.5. The Labute approximate surface area is 194 Å². The molecule has 0 saturated heterocycles. The normalized spacial score (nSPS) is 12.0. The zero-order valence-corrected chi connectivity index (χ0v) is 20.2. The molecule has 8 heteroatoms. The van der Waals surface area contributed by atoms with Crippen molar-refractivity contribution in [3.8, 4) is 6.07 Å². The van der Waals surface area contributed by atoms with Crippen LogP contribution >= 0.6 is 11.3 Å². The Kier molecular flexibility index (Phi) is 9.39. The van der Waals surface area contributed by atoms with Crippen LogP contribution in [0.3, 0.4) is 0 Å². The van der Waals surface area contributed by atoms with Crippen LogP contribution in [0.2, 0.25) is 0 Å². The van der Waals surface area contributed by atoms with E-state index in [2.05, 4.69) is 13.0 Å². The molecule has 0 radical (unpaired) electrons. The van der Waals surface area contributed by atoms with E-state index in [-0.39, 0.29) is 12.3 Å². The van der Waals surface area contributed by atoms with Crippen LogP contribution in [0.5, 0.6) is 0 Å². The molecule has 0 aliphatic rings. The Bertz CT molecular complexity index is 1210. The lowest BCUT2D eigenvalue weighted by Gasteiger charge is -2.18. The highest BCUT2D eigenvalue weighted by molar-refractivity contribution is 7.86. The summed E-state index contributed by atoms with van der Waals surface area (Å²) >= 11 is 1.18. The topological polar surface area (TPSA) is 107 Å². The molecular formula is C24H29N3O3S2. The third kappa shape index (κ3) is 7.45. The van der Waals surface area contributed by atoms with E-state index in [1.54, 1.807) is 9.95 Å². The van der Waals surface area contributed by atoms with Gasteiger partial charge in [0.05, 0.1) is 17.3 Å². The van der Waals surface area contributed by atoms with Gasteiger partial charge in [-0.15, -0.1) is 11.3 Å². The summed E-state index contributed by atoms with van der Waals surface area (Å²) in [5.41, 5.74) is 3.28. The first-order valence-electron chi connectivity index (χ1n) is 10.4. The summed E-state index contributed by atoms with van der Waals surface area (Å²) in [4.78, 5) is 0.297. The molecule has 0 amide bonds. The third-order valence-corrected chi connectivity index (χ3v) is 6.74. The molecule has 0 bridgehead atoms. The predicted octanol–water partition coefficient (Wildman–Crippen LogP) is 4.98. The van der Waals surface area contributed by atoms with Crippen molar-refractivity contribution >= 4 is 21.5 Å². The molecule has 2 N–H and O–H groups in total. The first-order valence-corrected chi connectivity index (χ1v) is 12.8. The minimum absolute atomic E-state index is 0.188. The Hall–Kier alpha value is -2.73. The summed E-state index contributed by atoms with van der Waals surface area (Å²) in [5.74, 6) is 0.279. The highest BCUT2D eigenvalue weighted by atomic mass is 32.2. The average molecular weight is 472 g/mol. The van der Waals surface area contributed by atoms with Crippen LogP contribution in [0.4, 0.5) is 0 Å². The smallest absolute Gasteiger partial charge is 0.273 e. The molecule has 170 valence electrons. The number of benzene rings is 2. The maximum absolute atomic E-state index is 11.9. The fourth-order valence-electron chi connectivity index (χ4n) is 3.22. The molecule has 3 aromatic rings. The van der Waals surface area contributed by atoms with E-state index in [0.717, 1.165) is 17.5 Å². The van der Waals surface area contributed by atoms with Crippen LogP contribution in [-0.2, 0) is 29.5 Å². The van der Waals surface area contributed by atoms with E-state index in [9.17, 15) is 13.0 Å². The minimum atomic E-state index is -4.26. The van der Waals surface area contributed by atoms with Gasteiger partial charge >= 0.3 is 0 Å². The maximum Gasteiger partial charge on any atom is 0.273 e. The van der Waals surface area contributed by atoms with Crippen LogP contribution in [-0.4, -0.2) is 17.5 Å². The summed E-state index contributed by atoms with van der Waals surface area (Å²) in [6, 6.07) is 19.0. The second-order valence-electron chi connectivity index (χ2n) is 7.83. The summed E-state index contributed by atoms with van der Waals surface area (Å²) in [6.07, 6.45) is 1.18. The lowest BCUT2D eigenvalue weighted by atomic mass is 10.1. The molecule has 0 aliphatic carbocycles. The lowest BCUT2D eigenvalue weighted by Crippen LogP contribution is -2.25. The monoisotopic (exact) mass is 471 g/mol. The largest absolute Gasteiger partial charge is 0.320 e. The second-order valence-corrected chi connectivity index (χ2v) is 10.3. The standard InChI is InChI=1S/C15H20N2O3S2.C9H9N/c1-11(2)9-17-13(10-21-15(17)16)14(22(18,19)20)8-12-6-4-3-5-7-12;1-2-8-4-3-5-9(6-8)7-10/h3-7,10-11,14,16H,8-9H2,1-2H3,(H,18,19,20);3-6H,2H2,1H3. The predicted molar refractivity (Wildman–Crippen MR) is 128 cm³/mol. The summed E-state index contributed by atoms with van der Waals surface area (Å²) in [5, 5.41) is 17.1. The quantitative estimate of drug-likeness (QED) is 0.474. The highest BCUT2D eigenvalue weighted by Crippen LogP contribution is 2.27. The average Bonchev–Trinajstić information content (AvgIpc) is 3.11. The van der Waals surface area contributed by atoms with Crippen molar-refractivity contribution in [1.29, 1.82) is 10.7 Å². The highest BCUT2D eigenvalue weighted by Gasteiger charge is 2.29. The van der Waals surface area contributed by atoms with Crippen LogP contribution < -0.4 is 4.80 Å². The van der Waals surface area contributed by atoms with Crippen molar-refractivity contribution in [2.45, 2.75) is 45.4 Å². The van der Waals surface area contributed by atoms with Gasteiger partial charge < -0.3 is 4.57 Å². The number of hydrogen-bond acceptors (Lipinski definition) is 5. The van der Waals surface area contributed by atoms with E-state index in [1.807, 2.05) is 68.4 Å². The Morgan fingerprint density at radius 1 is 1.12 bits per heavy atom. The van der Waals surface area contributed by atoms with Crippen LogP contribution in [0.1, 0.15) is 48.4 Å². The SMILES string of the molecule is CC(C)Cn1c(C(Cc2ccccc2)S(=O)(=O)O)csc1=N.CCc1cccc(C#N)c1. The second kappa shape index (κ2) is 11.8. The Balaban J connectivity index is 0.000000303. The third-order valence-electron chi connectivity index (χ3n) is 4.81. The van der Waals surface area contributed by atoms with Crippen molar-refractivity contribution in [1.82, 2.24) is 4.57 Å². The molecule has 0 saturated carbocycles. The van der Waals surface area contributed by atoms with Gasteiger partial charge in [0.25, 0.3) is 10.1 Å². The number of nitriles is 1. The van der Waals surface area contributed by atoms with Gasteiger partial charge in [-0.25, -0.2) is 0 Å². The van der Waals surface area contributed by atoms with Crippen molar-refractivity contribution in [2.24, 2.45) is 5.92 Å². The molecule has 0 fully saturated rings. The number of rotatable bonds is 7. The molecule has 0 spiro atoms. The molecule has 32 heavy (non-hydrogen) atoms. The van der Waals surface area contributed by atoms with Gasteiger partial charge in [0, 0.05) is 11.9 Å². The Morgan fingerprint density at radius 2 is 1.78 bits per heavy atom. The number of hydrogen-bond donors (Lipinski definition) is 2. The number of aromatic nitrogens is 1. The molecule has 0 aliphatic heterocycles. The fourth-order valence-corrected chi connectivity index (χ4v) is 5.04. The van der Waals surface area contributed by atoms with Crippen LogP contribution in [0.15, 0.2) is 60.0 Å². The molecule has 1 unspecified atom stereocenters. The molecule has 1 heterocycles. The number of thiazole rings is 1. The van der Waals surface area contributed by atoms with E-state index in [0.29, 0.717) is 17.0 Å². The van der Waals surface area contributed by atoms with Crippen LogP contribution in [0, 0.1) is 22.7 Å². The van der Waals surface area contributed by atoms with Crippen molar-refractivity contribution in [3.05, 3.63) is 87.2 Å². The van der Waals surface area contributed by atoms with Gasteiger partial charge in [-0.3, -0.25) is 9.96 Å². The first-order chi connectivity index (χ1) is 15.2. The van der Waals surface area contributed by atoms with Gasteiger partial charge in [0.2, 0.25) is 0 Å². The van der Waals surface area contributed by atoms with Crippen LogP contribution in [0.25, 0.3) is 0 Å². The van der Waals surface area contributed by atoms with Crippen molar-refractivity contribution in [2.75, 3.05) is 0 Å². The van der Waals surface area contributed by atoms with Crippen molar-refractivity contribution < 1.29 is 13.0 Å². The minimum Gasteiger partial charge on any atom is -0.320 e. The molecular weight excluding hydrogens is 442 g/mol. The molecule has 1 aromatic heterocycles. The fraction of sp³-hybridized carbons (Fsp3) is 0.333. The number of nitrogens with one attached hydrogen (secondary N) is 1. The van der Waals surface area contributed by atoms with E-state index in [1.165, 1.54) is 16.9 Å². The van der Waals surface area contributed by atoms with Gasteiger partial charge in [-0.2, -0.15) is 13.7 Å². The Morgan fingerprint density at radius 3 is 2.34 bits per heavy atom. The van der Waals surface area contributed by atoms with Gasteiger partial charge in [-0.05, 0) is 42.0 Å². The van der Waals surface area contributed by atoms with Gasteiger partial charge in [0.15, 0.2) is 4.80 Å². The number of aryl methyl sites for hydroxylation is 1. The molecule has 2 aromatic carbocycles. The zero-order valence-electron chi connectivity index (χ0n) is 18.5. The van der Waals surface area contributed by atoms with Crippen molar-refractivity contribution in [3.63, 3.8) is 0 Å². The van der Waals surface area contributed by atoms with E-state index >= 15 is 0 Å². The summed E-state index contributed by atoms with van der Waals surface area (Å²) in [7, 11) is -4.26. The van der Waals surface area contributed by atoms with E-state index < -0.39 is 15.4 Å². The zero-order chi connectivity index (χ0) is 23.7. The van der Waals surface area contributed by atoms with E-state index in [4.69, 9.17) is 10.7 Å². The molecule has 6 nitrogen and oxygen atoms in total. The number of nitrogens with zero attached hydrogens (tertiary/aromatic N) is 2. The van der Waals surface area contributed by atoms with Gasteiger partial charge in [-0.1, -0.05) is 63.2 Å². The molecule has 1 atom stereocenters.